The Balaban J connectivity index is 1.28. The van der Waals surface area contributed by atoms with Gasteiger partial charge in [0.1, 0.15) is 23.2 Å². The van der Waals surface area contributed by atoms with E-state index >= 15 is 0 Å². The monoisotopic (exact) mass is 497 g/mol. The van der Waals surface area contributed by atoms with E-state index in [0.29, 0.717) is 22.6 Å². The third-order valence-electron chi connectivity index (χ3n) is 5.85. The predicted octanol–water partition coefficient (Wildman–Crippen LogP) is 5.93. The van der Waals surface area contributed by atoms with Crippen molar-refractivity contribution in [1.29, 1.82) is 5.26 Å². The van der Waals surface area contributed by atoms with Crippen LogP contribution in [0.15, 0.2) is 79.3 Å². The largest absolute Gasteiger partial charge is 0.416 e. The summed E-state index contributed by atoms with van der Waals surface area (Å²) in [7, 11) is 0. The molecule has 0 unspecified atom stereocenters. The Morgan fingerprint density at radius 1 is 0.865 bits per heavy atom. The third kappa shape index (κ3) is 5.38. The Morgan fingerprint density at radius 3 is 2.35 bits per heavy atom. The SMILES string of the molecule is N#Cc1ccc(-c2cc3cc(-c4ccc(CC(=O)Cc5cccc(C(F)(F)F)c5)nc4)cnc3[nH]2)cn1. The number of rotatable bonds is 6. The van der Waals surface area contributed by atoms with E-state index in [4.69, 9.17) is 5.26 Å². The van der Waals surface area contributed by atoms with Crippen molar-refractivity contribution >= 4 is 16.8 Å². The maximum Gasteiger partial charge on any atom is 0.416 e. The van der Waals surface area contributed by atoms with Crippen LogP contribution in [-0.4, -0.2) is 25.7 Å². The second-order valence-electron chi connectivity index (χ2n) is 8.52. The summed E-state index contributed by atoms with van der Waals surface area (Å²) in [6.45, 7) is 0. The van der Waals surface area contributed by atoms with Gasteiger partial charge in [0.15, 0.2) is 0 Å². The number of ketones is 1. The first-order valence-electron chi connectivity index (χ1n) is 11.3. The number of pyridine rings is 3. The number of carbonyl (C=O) groups excluding carboxylic acids is 1. The van der Waals surface area contributed by atoms with Gasteiger partial charge in [-0.3, -0.25) is 9.78 Å². The molecule has 1 N–H and O–H groups in total. The summed E-state index contributed by atoms with van der Waals surface area (Å²) >= 11 is 0. The Hall–Kier alpha value is -4.84. The molecule has 0 atom stereocenters. The third-order valence-corrected chi connectivity index (χ3v) is 5.85. The van der Waals surface area contributed by atoms with E-state index in [1.54, 1.807) is 30.7 Å². The Kier molecular flexibility index (Phi) is 6.24. The number of nitriles is 1. The molecule has 37 heavy (non-hydrogen) atoms. The normalized spacial score (nSPS) is 11.4. The second kappa shape index (κ2) is 9.66. The van der Waals surface area contributed by atoms with Crippen LogP contribution in [0.25, 0.3) is 33.4 Å². The number of aromatic amines is 1. The first kappa shape index (κ1) is 23.9. The van der Waals surface area contributed by atoms with E-state index in [-0.39, 0.29) is 18.6 Å². The number of aromatic nitrogens is 4. The molecule has 0 aliphatic carbocycles. The van der Waals surface area contributed by atoms with Gasteiger partial charge in [-0.2, -0.15) is 18.4 Å². The van der Waals surface area contributed by atoms with Gasteiger partial charge in [0.05, 0.1) is 5.56 Å². The van der Waals surface area contributed by atoms with Gasteiger partial charge >= 0.3 is 6.18 Å². The van der Waals surface area contributed by atoms with E-state index in [0.717, 1.165) is 39.9 Å². The van der Waals surface area contributed by atoms with Gasteiger partial charge in [-0.1, -0.05) is 24.3 Å². The number of hydrogen-bond donors (Lipinski definition) is 1. The minimum atomic E-state index is -4.45. The molecule has 1 aromatic carbocycles. The van der Waals surface area contributed by atoms with Crippen molar-refractivity contribution < 1.29 is 18.0 Å². The van der Waals surface area contributed by atoms with Crippen molar-refractivity contribution in [2.45, 2.75) is 19.0 Å². The summed E-state index contributed by atoms with van der Waals surface area (Å²) in [6.07, 6.45) is 0.466. The fourth-order valence-electron chi connectivity index (χ4n) is 4.00. The highest BCUT2D eigenvalue weighted by Crippen LogP contribution is 2.30. The highest BCUT2D eigenvalue weighted by molar-refractivity contribution is 5.86. The maximum absolute atomic E-state index is 12.9. The number of halogens is 3. The first-order valence-corrected chi connectivity index (χ1v) is 11.3. The van der Waals surface area contributed by atoms with Gasteiger partial charge in [0, 0.05) is 64.9 Å². The minimum Gasteiger partial charge on any atom is -0.339 e. The highest BCUT2D eigenvalue weighted by Gasteiger charge is 2.30. The topological polar surface area (TPSA) is 95.3 Å². The van der Waals surface area contributed by atoms with Crippen LogP contribution in [0, 0.1) is 11.3 Å². The Morgan fingerprint density at radius 2 is 1.65 bits per heavy atom. The van der Waals surface area contributed by atoms with Crippen LogP contribution in [-0.2, 0) is 23.8 Å². The smallest absolute Gasteiger partial charge is 0.339 e. The van der Waals surface area contributed by atoms with Crippen LogP contribution in [0.4, 0.5) is 13.2 Å². The maximum atomic E-state index is 12.9. The molecule has 182 valence electrons. The lowest BCUT2D eigenvalue weighted by molar-refractivity contribution is -0.137. The van der Waals surface area contributed by atoms with Gasteiger partial charge in [0.25, 0.3) is 0 Å². The lowest BCUT2D eigenvalue weighted by atomic mass is 10.0. The van der Waals surface area contributed by atoms with E-state index < -0.39 is 11.7 Å². The van der Waals surface area contributed by atoms with Crippen molar-refractivity contribution in [3.05, 3.63) is 102 Å². The number of fused-ring (bicyclic) bond motifs is 1. The number of hydrogen-bond acceptors (Lipinski definition) is 5. The number of Topliss-reactive ketones (excluding diaryl/α,β-unsaturated/α-hetero) is 1. The van der Waals surface area contributed by atoms with E-state index in [9.17, 15) is 18.0 Å². The molecule has 5 aromatic rings. The first-order chi connectivity index (χ1) is 17.8. The zero-order chi connectivity index (χ0) is 26.0. The van der Waals surface area contributed by atoms with Crippen molar-refractivity contribution in [2.75, 3.05) is 0 Å². The fourth-order valence-corrected chi connectivity index (χ4v) is 4.00. The molecule has 0 radical (unpaired) electrons. The molecule has 0 amide bonds. The number of carbonyl (C=O) groups is 1. The van der Waals surface area contributed by atoms with Gasteiger partial charge in [-0.25, -0.2) is 9.97 Å². The van der Waals surface area contributed by atoms with Crippen LogP contribution < -0.4 is 0 Å². The summed E-state index contributed by atoms with van der Waals surface area (Å²) in [5.41, 5.74) is 4.43. The molecular weight excluding hydrogens is 479 g/mol. The highest BCUT2D eigenvalue weighted by atomic mass is 19.4. The molecular formula is C28H18F3N5O. The average molecular weight is 497 g/mol. The van der Waals surface area contributed by atoms with E-state index in [1.165, 1.54) is 12.1 Å². The molecule has 4 heterocycles. The lowest BCUT2D eigenvalue weighted by Gasteiger charge is -2.08. The predicted molar refractivity (Wildman–Crippen MR) is 131 cm³/mol. The average Bonchev–Trinajstić information content (AvgIpc) is 3.32. The molecule has 5 rings (SSSR count). The summed E-state index contributed by atoms with van der Waals surface area (Å²) in [5, 5.41) is 9.81. The zero-order valence-corrected chi connectivity index (χ0v) is 19.3. The molecule has 0 spiro atoms. The lowest BCUT2D eigenvalue weighted by Crippen LogP contribution is -2.10. The van der Waals surface area contributed by atoms with Crippen molar-refractivity contribution in [2.24, 2.45) is 0 Å². The second-order valence-corrected chi connectivity index (χ2v) is 8.52. The van der Waals surface area contributed by atoms with Crippen molar-refractivity contribution in [1.82, 2.24) is 19.9 Å². The van der Waals surface area contributed by atoms with Crippen LogP contribution in [0.5, 0.6) is 0 Å². The number of H-pyrrole nitrogens is 1. The van der Waals surface area contributed by atoms with Crippen LogP contribution >= 0.6 is 0 Å². The Bertz CT molecular complexity index is 1630. The summed E-state index contributed by atoms with van der Waals surface area (Å²) < 4.78 is 38.7. The van der Waals surface area contributed by atoms with Crippen molar-refractivity contribution in [3.8, 4) is 28.5 Å². The molecule has 0 fully saturated rings. The molecule has 4 aromatic heterocycles. The molecule has 0 bridgehead atoms. The van der Waals surface area contributed by atoms with Gasteiger partial charge < -0.3 is 4.98 Å². The van der Waals surface area contributed by atoms with Gasteiger partial charge in [-0.15, -0.1) is 0 Å². The summed E-state index contributed by atoms with van der Waals surface area (Å²) in [4.78, 5) is 28.6. The quantitative estimate of drug-likeness (QED) is 0.314. The summed E-state index contributed by atoms with van der Waals surface area (Å²) in [6, 6.07) is 17.7. The molecule has 0 saturated heterocycles. The molecule has 0 aliphatic heterocycles. The van der Waals surface area contributed by atoms with E-state index in [2.05, 4.69) is 19.9 Å². The summed E-state index contributed by atoms with van der Waals surface area (Å²) in [5.74, 6) is -0.222. The number of benzene rings is 1. The number of nitrogens with zero attached hydrogens (tertiary/aromatic N) is 4. The standard InChI is InChI=1S/C28H18F3N5O/c29-28(30,31)22-3-1-2-17(8-22)9-25(37)12-23-6-4-18(14-33-23)21-10-20-11-26(36-27(20)35-16-21)19-5-7-24(13-32)34-15-19/h1-8,10-11,14-16H,9,12H2,(H,35,36). The van der Waals surface area contributed by atoms with Gasteiger partial charge in [-0.05, 0) is 42.0 Å². The molecule has 9 heteroatoms. The molecule has 0 aliphatic rings. The van der Waals surface area contributed by atoms with E-state index in [1.807, 2.05) is 30.3 Å². The van der Waals surface area contributed by atoms with Crippen molar-refractivity contribution in [3.63, 3.8) is 0 Å². The number of alkyl halides is 3. The zero-order valence-electron chi connectivity index (χ0n) is 19.3. The van der Waals surface area contributed by atoms with Crippen LogP contribution in [0.1, 0.15) is 22.5 Å². The number of nitrogens with one attached hydrogen (secondary N) is 1. The molecule has 6 nitrogen and oxygen atoms in total. The van der Waals surface area contributed by atoms with Crippen LogP contribution in [0.2, 0.25) is 0 Å². The molecule has 0 saturated carbocycles. The Labute approximate surface area is 209 Å². The van der Waals surface area contributed by atoms with Gasteiger partial charge in [0.2, 0.25) is 0 Å². The van der Waals surface area contributed by atoms with Crippen LogP contribution in [0.3, 0.4) is 0 Å². The minimum absolute atomic E-state index is 0.0214. The fraction of sp³-hybridized carbons (Fsp3) is 0.107.